The highest BCUT2D eigenvalue weighted by molar-refractivity contribution is 5.78. The lowest BCUT2D eigenvalue weighted by Gasteiger charge is -2.03. The highest BCUT2D eigenvalue weighted by atomic mass is 16.5. The SMILES string of the molecule is CCCCCCCCCCCC(=O)OCC(N)=O. The molecule has 0 atom stereocenters. The molecule has 0 unspecified atom stereocenters. The average molecular weight is 257 g/mol. The quantitative estimate of drug-likeness (QED) is 0.431. The third kappa shape index (κ3) is 13.0. The molecule has 0 aromatic rings. The maximum absolute atomic E-state index is 11.1. The molecule has 0 bridgehead atoms. The van der Waals surface area contributed by atoms with Crippen LogP contribution in [-0.2, 0) is 14.3 Å². The van der Waals surface area contributed by atoms with Crippen LogP contribution in [0, 0.1) is 0 Å². The van der Waals surface area contributed by atoms with Crippen LogP contribution >= 0.6 is 0 Å². The van der Waals surface area contributed by atoms with E-state index in [9.17, 15) is 9.59 Å². The zero-order chi connectivity index (χ0) is 13.6. The minimum atomic E-state index is -0.601. The van der Waals surface area contributed by atoms with E-state index in [2.05, 4.69) is 11.7 Å². The molecule has 0 aliphatic carbocycles. The minimum Gasteiger partial charge on any atom is -0.456 e. The summed E-state index contributed by atoms with van der Waals surface area (Å²) in [6.07, 6.45) is 11.3. The summed E-state index contributed by atoms with van der Waals surface area (Å²) in [5, 5.41) is 0. The van der Waals surface area contributed by atoms with Gasteiger partial charge in [-0.3, -0.25) is 9.59 Å². The summed E-state index contributed by atoms with van der Waals surface area (Å²) in [5.41, 5.74) is 4.87. The number of unbranched alkanes of at least 4 members (excludes halogenated alkanes) is 8. The number of esters is 1. The molecule has 1 amide bonds. The van der Waals surface area contributed by atoms with Crippen molar-refractivity contribution in [2.45, 2.75) is 71.1 Å². The molecule has 106 valence electrons. The molecule has 0 aromatic carbocycles. The fraction of sp³-hybridized carbons (Fsp3) is 0.857. The summed E-state index contributed by atoms with van der Waals surface area (Å²) in [5.74, 6) is -0.924. The van der Waals surface area contributed by atoms with Crippen LogP contribution in [0.4, 0.5) is 0 Å². The Kier molecular flexibility index (Phi) is 11.7. The number of nitrogens with two attached hydrogens (primary N) is 1. The van der Waals surface area contributed by atoms with Gasteiger partial charge in [0.15, 0.2) is 6.61 Å². The number of amides is 1. The molecule has 18 heavy (non-hydrogen) atoms. The summed E-state index contributed by atoms with van der Waals surface area (Å²) < 4.78 is 4.66. The Labute approximate surface area is 110 Å². The number of hydrogen-bond donors (Lipinski definition) is 1. The number of carbonyl (C=O) groups excluding carboxylic acids is 2. The van der Waals surface area contributed by atoms with Gasteiger partial charge < -0.3 is 10.5 Å². The fourth-order valence-electron chi connectivity index (χ4n) is 1.80. The first-order valence-corrected chi connectivity index (χ1v) is 7.10. The lowest BCUT2D eigenvalue weighted by Crippen LogP contribution is -2.20. The zero-order valence-corrected chi connectivity index (χ0v) is 11.6. The second kappa shape index (κ2) is 12.4. The molecule has 0 saturated heterocycles. The monoisotopic (exact) mass is 257 g/mol. The van der Waals surface area contributed by atoms with Crippen molar-refractivity contribution < 1.29 is 14.3 Å². The van der Waals surface area contributed by atoms with Crippen LogP contribution in [0.5, 0.6) is 0 Å². The molecule has 0 aromatic heterocycles. The van der Waals surface area contributed by atoms with E-state index in [4.69, 9.17) is 5.73 Å². The molecule has 0 aliphatic rings. The zero-order valence-electron chi connectivity index (χ0n) is 11.6. The van der Waals surface area contributed by atoms with Crippen molar-refractivity contribution in [2.75, 3.05) is 6.61 Å². The topological polar surface area (TPSA) is 69.4 Å². The lowest BCUT2D eigenvalue weighted by atomic mass is 10.1. The van der Waals surface area contributed by atoms with Gasteiger partial charge in [0.1, 0.15) is 0 Å². The van der Waals surface area contributed by atoms with E-state index in [0.717, 1.165) is 12.8 Å². The smallest absolute Gasteiger partial charge is 0.306 e. The third-order valence-corrected chi connectivity index (χ3v) is 2.86. The van der Waals surface area contributed by atoms with E-state index < -0.39 is 5.91 Å². The molecule has 0 heterocycles. The van der Waals surface area contributed by atoms with E-state index in [1.807, 2.05) is 0 Å². The van der Waals surface area contributed by atoms with E-state index in [0.29, 0.717) is 6.42 Å². The van der Waals surface area contributed by atoms with Crippen LogP contribution in [0.15, 0.2) is 0 Å². The van der Waals surface area contributed by atoms with E-state index >= 15 is 0 Å². The molecule has 0 rings (SSSR count). The number of carbonyl (C=O) groups is 2. The van der Waals surface area contributed by atoms with Gasteiger partial charge >= 0.3 is 5.97 Å². The van der Waals surface area contributed by atoms with Crippen molar-refractivity contribution >= 4 is 11.9 Å². The van der Waals surface area contributed by atoms with Crippen molar-refractivity contribution in [2.24, 2.45) is 5.73 Å². The predicted molar refractivity (Wildman–Crippen MR) is 72.0 cm³/mol. The summed E-state index contributed by atoms with van der Waals surface area (Å²) in [4.78, 5) is 21.5. The van der Waals surface area contributed by atoms with Crippen LogP contribution < -0.4 is 5.73 Å². The molecule has 2 N–H and O–H groups in total. The number of hydrogen-bond acceptors (Lipinski definition) is 3. The number of rotatable bonds is 12. The van der Waals surface area contributed by atoms with E-state index in [1.54, 1.807) is 0 Å². The maximum atomic E-state index is 11.1. The van der Waals surface area contributed by atoms with Gasteiger partial charge in [0.05, 0.1) is 0 Å². The van der Waals surface area contributed by atoms with Gasteiger partial charge in [-0.1, -0.05) is 58.3 Å². The Morgan fingerprint density at radius 3 is 1.89 bits per heavy atom. The Morgan fingerprint density at radius 2 is 1.39 bits per heavy atom. The summed E-state index contributed by atoms with van der Waals surface area (Å²) >= 11 is 0. The Morgan fingerprint density at radius 1 is 0.889 bits per heavy atom. The van der Waals surface area contributed by atoms with Gasteiger partial charge in [0, 0.05) is 6.42 Å². The number of primary amides is 1. The average Bonchev–Trinajstić information content (AvgIpc) is 2.34. The molecule has 0 saturated carbocycles. The second-order valence-electron chi connectivity index (χ2n) is 4.71. The van der Waals surface area contributed by atoms with Gasteiger partial charge in [-0.15, -0.1) is 0 Å². The van der Waals surface area contributed by atoms with Gasteiger partial charge in [-0.2, -0.15) is 0 Å². The van der Waals surface area contributed by atoms with Crippen LogP contribution in [0.3, 0.4) is 0 Å². The normalized spacial score (nSPS) is 10.3. The van der Waals surface area contributed by atoms with Crippen molar-refractivity contribution in [3.63, 3.8) is 0 Å². The van der Waals surface area contributed by atoms with Gasteiger partial charge in [0.2, 0.25) is 0 Å². The van der Waals surface area contributed by atoms with Crippen molar-refractivity contribution in [1.82, 2.24) is 0 Å². The highest BCUT2D eigenvalue weighted by Gasteiger charge is 2.04. The molecule has 0 radical (unpaired) electrons. The molecular formula is C14H27NO3. The van der Waals surface area contributed by atoms with Crippen LogP contribution in [0.1, 0.15) is 71.1 Å². The predicted octanol–water partition coefficient (Wildman–Crippen LogP) is 2.94. The van der Waals surface area contributed by atoms with Crippen LogP contribution in [0.2, 0.25) is 0 Å². The first-order valence-electron chi connectivity index (χ1n) is 7.10. The van der Waals surface area contributed by atoms with Gasteiger partial charge in [0.25, 0.3) is 5.91 Å². The molecular weight excluding hydrogens is 230 g/mol. The van der Waals surface area contributed by atoms with Crippen LogP contribution in [0.25, 0.3) is 0 Å². The van der Waals surface area contributed by atoms with Crippen molar-refractivity contribution in [3.05, 3.63) is 0 Å². The third-order valence-electron chi connectivity index (χ3n) is 2.86. The van der Waals surface area contributed by atoms with Gasteiger partial charge in [-0.25, -0.2) is 0 Å². The first-order chi connectivity index (χ1) is 8.66. The van der Waals surface area contributed by atoms with E-state index in [-0.39, 0.29) is 12.6 Å². The van der Waals surface area contributed by atoms with Gasteiger partial charge in [-0.05, 0) is 6.42 Å². The lowest BCUT2D eigenvalue weighted by molar-refractivity contribution is -0.147. The first kappa shape index (κ1) is 16.9. The fourth-order valence-corrected chi connectivity index (χ4v) is 1.80. The molecule has 0 aliphatic heterocycles. The maximum Gasteiger partial charge on any atom is 0.306 e. The Bertz CT molecular complexity index is 229. The Balaban J connectivity index is 3.15. The minimum absolute atomic E-state index is 0.295. The largest absolute Gasteiger partial charge is 0.456 e. The van der Waals surface area contributed by atoms with E-state index in [1.165, 1.54) is 44.9 Å². The van der Waals surface area contributed by atoms with Crippen molar-refractivity contribution in [1.29, 1.82) is 0 Å². The molecule has 4 heteroatoms. The standard InChI is InChI=1S/C14H27NO3/c1-2-3-4-5-6-7-8-9-10-11-14(17)18-12-13(15)16/h2-12H2,1H3,(H2,15,16). The summed E-state index contributed by atoms with van der Waals surface area (Å²) in [6, 6.07) is 0. The molecule has 0 fully saturated rings. The van der Waals surface area contributed by atoms with Crippen LogP contribution in [-0.4, -0.2) is 18.5 Å². The number of ether oxygens (including phenoxy) is 1. The van der Waals surface area contributed by atoms with Crippen molar-refractivity contribution in [3.8, 4) is 0 Å². The molecule has 4 nitrogen and oxygen atoms in total. The summed E-state index contributed by atoms with van der Waals surface area (Å²) in [7, 11) is 0. The summed E-state index contributed by atoms with van der Waals surface area (Å²) in [6.45, 7) is 1.92. The highest BCUT2D eigenvalue weighted by Crippen LogP contribution is 2.10. The Hall–Kier alpha value is -1.06. The molecule has 0 spiro atoms. The second-order valence-corrected chi connectivity index (χ2v) is 4.71.